The lowest BCUT2D eigenvalue weighted by molar-refractivity contribution is 0.0925. The Morgan fingerprint density at radius 3 is 2.69 bits per heavy atom. The fraction of sp³-hybridized carbons (Fsp3) is 0.857. The Morgan fingerprint density at radius 1 is 1.62 bits per heavy atom. The average Bonchev–Trinajstić information content (AvgIpc) is 2.13. The second kappa shape index (κ2) is 6.64. The lowest BCUT2D eigenvalue weighted by Crippen LogP contribution is -2.37. The fourth-order valence-electron chi connectivity index (χ4n) is 0.828. The highest BCUT2D eigenvalue weighted by Crippen LogP contribution is 1.90. The molecule has 0 aromatic heterocycles. The number of oxime groups is 1. The van der Waals surface area contributed by atoms with E-state index in [-0.39, 0.29) is 25.0 Å². The molecule has 0 aliphatic heterocycles. The van der Waals surface area contributed by atoms with Crippen molar-refractivity contribution < 1.29 is 15.4 Å². The zero-order valence-electron chi connectivity index (χ0n) is 7.64. The number of nitrogens with zero attached hydrogens (tertiary/aromatic N) is 1. The van der Waals surface area contributed by atoms with Crippen LogP contribution >= 0.6 is 0 Å². The van der Waals surface area contributed by atoms with Crippen LogP contribution < -0.4 is 11.1 Å². The van der Waals surface area contributed by atoms with Gasteiger partial charge in [0.25, 0.3) is 0 Å². The first kappa shape index (κ1) is 12.2. The number of amidine groups is 1. The van der Waals surface area contributed by atoms with Crippen LogP contribution in [0.5, 0.6) is 0 Å². The second-order valence-corrected chi connectivity index (χ2v) is 2.94. The Morgan fingerprint density at radius 2 is 2.23 bits per heavy atom. The van der Waals surface area contributed by atoms with Crippen molar-refractivity contribution in [3.05, 3.63) is 0 Å². The van der Waals surface area contributed by atoms with Gasteiger partial charge in [-0.15, -0.1) is 0 Å². The monoisotopic (exact) mass is 191 g/mol. The summed E-state index contributed by atoms with van der Waals surface area (Å²) in [5.41, 5.74) is 5.26. The van der Waals surface area contributed by atoms with E-state index in [1.165, 1.54) is 0 Å². The molecule has 0 aromatic rings. The Bertz CT molecular complexity index is 163. The van der Waals surface area contributed by atoms with Crippen molar-refractivity contribution in [3.8, 4) is 0 Å². The topological polar surface area (TPSA) is 111 Å². The molecule has 78 valence electrons. The maximum absolute atomic E-state index is 8.97. The quantitative estimate of drug-likeness (QED) is 0.151. The van der Waals surface area contributed by atoms with Gasteiger partial charge < -0.3 is 26.5 Å². The minimum Gasteiger partial charge on any atom is -0.409 e. The normalized spacial score (nSPS) is 17.0. The molecule has 2 atom stereocenters. The number of hydrogen-bond acceptors (Lipinski definition) is 5. The molecule has 0 aromatic carbocycles. The van der Waals surface area contributed by atoms with Gasteiger partial charge in [0.05, 0.1) is 12.7 Å². The van der Waals surface area contributed by atoms with Crippen molar-refractivity contribution in [1.82, 2.24) is 5.32 Å². The van der Waals surface area contributed by atoms with Crippen LogP contribution in [0.25, 0.3) is 0 Å². The highest BCUT2D eigenvalue weighted by atomic mass is 16.4. The molecule has 2 unspecified atom stereocenters. The van der Waals surface area contributed by atoms with Crippen LogP contribution in [0.4, 0.5) is 0 Å². The van der Waals surface area contributed by atoms with Crippen LogP contribution in [0.15, 0.2) is 5.16 Å². The average molecular weight is 191 g/mol. The Labute approximate surface area is 77.1 Å². The molecule has 0 spiro atoms. The summed E-state index contributed by atoms with van der Waals surface area (Å²) in [4.78, 5) is 0. The third-order valence-electron chi connectivity index (χ3n) is 1.56. The summed E-state index contributed by atoms with van der Waals surface area (Å²) in [7, 11) is 0. The van der Waals surface area contributed by atoms with Gasteiger partial charge in [0.2, 0.25) is 0 Å². The van der Waals surface area contributed by atoms with Gasteiger partial charge in [-0.1, -0.05) is 5.16 Å². The molecule has 0 radical (unpaired) electrons. The van der Waals surface area contributed by atoms with Gasteiger partial charge in [0.1, 0.15) is 5.84 Å². The maximum Gasteiger partial charge on any atom is 0.140 e. The molecule has 0 aliphatic carbocycles. The lowest BCUT2D eigenvalue weighted by atomic mass is 10.2. The van der Waals surface area contributed by atoms with Crippen molar-refractivity contribution in [2.45, 2.75) is 25.5 Å². The molecule has 0 amide bonds. The number of rotatable bonds is 6. The zero-order chi connectivity index (χ0) is 10.3. The van der Waals surface area contributed by atoms with E-state index in [1.807, 2.05) is 6.92 Å². The van der Waals surface area contributed by atoms with Crippen molar-refractivity contribution in [2.24, 2.45) is 10.9 Å². The molecule has 0 saturated heterocycles. The zero-order valence-corrected chi connectivity index (χ0v) is 7.64. The summed E-state index contributed by atoms with van der Waals surface area (Å²) in [5.74, 6) is 0.137. The fourth-order valence-corrected chi connectivity index (χ4v) is 0.828. The molecule has 0 heterocycles. The van der Waals surface area contributed by atoms with Gasteiger partial charge in [-0.05, 0) is 6.92 Å². The molecule has 6 heteroatoms. The minimum absolute atomic E-state index is 0.00269. The molecular formula is C7H17N3O3. The van der Waals surface area contributed by atoms with Crippen LogP contribution in [0.2, 0.25) is 0 Å². The highest BCUT2D eigenvalue weighted by Gasteiger charge is 2.07. The van der Waals surface area contributed by atoms with Crippen LogP contribution in [0.1, 0.15) is 13.3 Å². The van der Waals surface area contributed by atoms with Crippen molar-refractivity contribution in [2.75, 3.05) is 13.2 Å². The lowest BCUT2D eigenvalue weighted by Gasteiger charge is -2.14. The van der Waals surface area contributed by atoms with Gasteiger partial charge in [-0.3, -0.25) is 0 Å². The van der Waals surface area contributed by atoms with E-state index < -0.39 is 6.10 Å². The predicted octanol–water partition coefficient (Wildman–Crippen LogP) is -1.55. The first-order valence-corrected chi connectivity index (χ1v) is 4.08. The molecule has 0 bridgehead atoms. The maximum atomic E-state index is 8.97. The van der Waals surface area contributed by atoms with Crippen molar-refractivity contribution in [1.29, 1.82) is 0 Å². The van der Waals surface area contributed by atoms with E-state index in [0.29, 0.717) is 6.42 Å². The first-order chi connectivity index (χ1) is 6.10. The smallest absolute Gasteiger partial charge is 0.140 e. The van der Waals surface area contributed by atoms with E-state index >= 15 is 0 Å². The van der Waals surface area contributed by atoms with E-state index in [1.54, 1.807) is 0 Å². The van der Waals surface area contributed by atoms with E-state index in [9.17, 15) is 0 Å². The first-order valence-electron chi connectivity index (χ1n) is 4.08. The number of hydrogen-bond donors (Lipinski definition) is 5. The predicted molar refractivity (Wildman–Crippen MR) is 48.6 cm³/mol. The minimum atomic E-state index is -0.769. The standard InChI is InChI=1S/C7H17N3O3/c1-5(2-7(8)10-13)9-3-6(12)4-11/h5-6,9,11-13H,2-4H2,1H3,(H2,8,10). The second-order valence-electron chi connectivity index (χ2n) is 2.94. The summed E-state index contributed by atoms with van der Waals surface area (Å²) < 4.78 is 0. The molecule has 6 nitrogen and oxygen atoms in total. The summed E-state index contributed by atoms with van der Waals surface area (Å²) in [6.45, 7) is 1.85. The summed E-state index contributed by atoms with van der Waals surface area (Å²) in [6, 6.07) is -0.00269. The van der Waals surface area contributed by atoms with Crippen molar-refractivity contribution >= 4 is 5.84 Å². The van der Waals surface area contributed by atoms with Crippen LogP contribution in [-0.2, 0) is 0 Å². The summed E-state index contributed by atoms with van der Waals surface area (Å²) in [6.07, 6.45) is -0.371. The molecule has 6 N–H and O–H groups in total. The van der Waals surface area contributed by atoms with E-state index in [2.05, 4.69) is 10.5 Å². The molecule has 0 aliphatic rings. The Hall–Kier alpha value is -0.850. The largest absolute Gasteiger partial charge is 0.409 e. The molecule has 0 fully saturated rings. The number of nitrogens with one attached hydrogen (secondary N) is 1. The number of aliphatic hydroxyl groups excluding tert-OH is 2. The Balaban J connectivity index is 3.57. The van der Waals surface area contributed by atoms with Gasteiger partial charge >= 0.3 is 0 Å². The van der Waals surface area contributed by atoms with Crippen LogP contribution in [0, 0.1) is 0 Å². The van der Waals surface area contributed by atoms with Gasteiger partial charge in [0, 0.05) is 19.0 Å². The molecule has 13 heavy (non-hydrogen) atoms. The van der Waals surface area contributed by atoms with E-state index in [0.717, 1.165) is 0 Å². The SMILES string of the molecule is CC(CC(N)=NO)NCC(O)CO. The Kier molecular flexibility index (Phi) is 6.21. The summed E-state index contributed by atoms with van der Waals surface area (Å²) >= 11 is 0. The highest BCUT2D eigenvalue weighted by molar-refractivity contribution is 5.80. The van der Waals surface area contributed by atoms with E-state index in [4.69, 9.17) is 21.2 Å². The van der Waals surface area contributed by atoms with Gasteiger partial charge in [-0.2, -0.15) is 0 Å². The third-order valence-corrected chi connectivity index (χ3v) is 1.56. The van der Waals surface area contributed by atoms with Gasteiger partial charge in [0.15, 0.2) is 0 Å². The summed E-state index contributed by atoms with van der Waals surface area (Å²) in [5, 5.41) is 31.5. The van der Waals surface area contributed by atoms with Gasteiger partial charge in [-0.25, -0.2) is 0 Å². The molecule has 0 rings (SSSR count). The van der Waals surface area contributed by atoms with Crippen molar-refractivity contribution in [3.63, 3.8) is 0 Å². The molecule has 0 saturated carbocycles. The number of nitrogens with two attached hydrogens (primary N) is 1. The number of aliphatic hydroxyl groups is 2. The third kappa shape index (κ3) is 6.32. The van der Waals surface area contributed by atoms with Crippen LogP contribution in [-0.4, -0.2) is 46.6 Å². The van der Waals surface area contributed by atoms with Crippen LogP contribution in [0.3, 0.4) is 0 Å². The molecular weight excluding hydrogens is 174 g/mol.